The molecular weight excluding hydrogens is 262 g/mol. The molecule has 1 aliphatic rings. The van der Waals surface area contributed by atoms with Crippen LogP contribution in [0.1, 0.15) is 0 Å². The quantitative estimate of drug-likeness (QED) is 0.840. The smallest absolute Gasteiger partial charge is 0.162 e. The van der Waals surface area contributed by atoms with Crippen molar-refractivity contribution >= 4 is 38.7 Å². The van der Waals surface area contributed by atoms with Crippen molar-refractivity contribution in [3.8, 4) is 0 Å². The molecule has 2 heterocycles. The van der Waals surface area contributed by atoms with Gasteiger partial charge in [-0.05, 0) is 12.1 Å². The van der Waals surface area contributed by atoms with Gasteiger partial charge in [0.2, 0.25) is 0 Å². The highest BCUT2D eigenvalue weighted by Crippen LogP contribution is 2.23. The lowest BCUT2D eigenvalue weighted by molar-refractivity contribution is 0.993. The zero-order valence-electron chi connectivity index (χ0n) is 7.48. The average molecular weight is 272 g/mol. The van der Waals surface area contributed by atoms with Gasteiger partial charge in [0.1, 0.15) is 5.82 Å². The highest BCUT2D eigenvalue weighted by atomic mass is 79.9. The molecule has 74 valence electrons. The van der Waals surface area contributed by atoms with Crippen molar-refractivity contribution in [2.75, 3.05) is 17.2 Å². The highest BCUT2D eigenvalue weighted by Gasteiger charge is 2.18. The predicted octanol–water partition coefficient (Wildman–Crippen LogP) is 2.36. The summed E-state index contributed by atoms with van der Waals surface area (Å²) in [6.07, 6.45) is 1.77. The highest BCUT2D eigenvalue weighted by molar-refractivity contribution is 9.09. The van der Waals surface area contributed by atoms with Crippen molar-refractivity contribution in [3.05, 3.63) is 24.4 Å². The van der Waals surface area contributed by atoms with Crippen LogP contribution >= 0.6 is 27.7 Å². The van der Waals surface area contributed by atoms with E-state index in [1.54, 1.807) is 18.0 Å². The molecular formula is C9H10BrN3S. The van der Waals surface area contributed by atoms with Gasteiger partial charge >= 0.3 is 0 Å². The first-order valence-electron chi connectivity index (χ1n) is 4.33. The molecule has 2 rings (SSSR count). The maximum absolute atomic E-state index is 4.38. The van der Waals surface area contributed by atoms with E-state index >= 15 is 0 Å². The van der Waals surface area contributed by atoms with Gasteiger partial charge in [0.15, 0.2) is 5.17 Å². The lowest BCUT2D eigenvalue weighted by atomic mass is 10.5. The average Bonchev–Trinajstić information content (AvgIpc) is 2.67. The minimum absolute atomic E-state index is 0.557. The molecule has 1 aliphatic heterocycles. The Morgan fingerprint density at radius 1 is 1.57 bits per heavy atom. The maximum Gasteiger partial charge on any atom is 0.162 e. The fraction of sp³-hybridized carbons (Fsp3) is 0.333. The number of anilines is 1. The first-order valence-corrected chi connectivity index (χ1v) is 6.34. The Kier molecular flexibility index (Phi) is 3.42. The summed E-state index contributed by atoms with van der Waals surface area (Å²) in [6.45, 7) is 0.880. The van der Waals surface area contributed by atoms with Gasteiger partial charge in [0.25, 0.3) is 0 Å². The SMILES string of the molecule is BrC[C@H]1CN=C(Nc2ccccn2)S1. The number of hydrogen-bond acceptors (Lipinski definition) is 4. The lowest BCUT2D eigenvalue weighted by Gasteiger charge is -2.04. The zero-order chi connectivity index (χ0) is 9.80. The van der Waals surface area contributed by atoms with Crippen LogP contribution in [0.4, 0.5) is 5.82 Å². The van der Waals surface area contributed by atoms with Crippen molar-refractivity contribution in [2.24, 2.45) is 4.99 Å². The molecule has 0 aromatic carbocycles. The number of aromatic nitrogens is 1. The Hall–Kier alpha value is -0.550. The van der Waals surface area contributed by atoms with E-state index in [1.165, 1.54) is 0 Å². The Morgan fingerprint density at radius 2 is 2.50 bits per heavy atom. The Labute approximate surface area is 95.5 Å². The number of hydrogen-bond donors (Lipinski definition) is 1. The third kappa shape index (κ3) is 2.48. The molecule has 1 aromatic heterocycles. The van der Waals surface area contributed by atoms with Crippen molar-refractivity contribution in [1.82, 2.24) is 4.98 Å². The normalized spacial score (nSPS) is 20.6. The monoisotopic (exact) mass is 271 g/mol. The van der Waals surface area contributed by atoms with Gasteiger partial charge in [-0.15, -0.1) is 0 Å². The number of halogens is 1. The Balaban J connectivity index is 1.94. The van der Waals surface area contributed by atoms with Crippen LogP contribution in [0.5, 0.6) is 0 Å². The van der Waals surface area contributed by atoms with E-state index in [1.807, 2.05) is 18.2 Å². The van der Waals surface area contributed by atoms with Crippen molar-refractivity contribution in [2.45, 2.75) is 5.25 Å². The standard InChI is InChI=1S/C9H10BrN3S/c10-5-7-6-12-9(14-7)13-8-3-1-2-4-11-8/h1-4,7H,5-6H2,(H,11,12,13)/t7-/m0/s1. The van der Waals surface area contributed by atoms with Gasteiger partial charge in [0.05, 0.1) is 6.54 Å². The molecule has 1 aromatic rings. The molecule has 0 saturated carbocycles. The van der Waals surface area contributed by atoms with E-state index in [0.717, 1.165) is 22.9 Å². The molecule has 0 fully saturated rings. The molecule has 0 amide bonds. The molecule has 3 nitrogen and oxygen atoms in total. The lowest BCUT2D eigenvalue weighted by Crippen LogP contribution is -2.08. The third-order valence-electron chi connectivity index (χ3n) is 1.79. The summed E-state index contributed by atoms with van der Waals surface area (Å²) >= 11 is 5.21. The molecule has 0 unspecified atom stereocenters. The fourth-order valence-electron chi connectivity index (χ4n) is 1.11. The largest absolute Gasteiger partial charge is 0.320 e. The van der Waals surface area contributed by atoms with E-state index in [-0.39, 0.29) is 0 Å². The fourth-order valence-corrected chi connectivity index (χ4v) is 2.55. The minimum Gasteiger partial charge on any atom is -0.320 e. The molecule has 1 N–H and O–H groups in total. The number of pyridine rings is 1. The molecule has 14 heavy (non-hydrogen) atoms. The number of rotatable bonds is 2. The second-order valence-corrected chi connectivity index (χ2v) is 4.82. The number of alkyl halides is 1. The summed E-state index contributed by atoms with van der Waals surface area (Å²) in [6, 6.07) is 5.79. The van der Waals surface area contributed by atoms with Crippen LogP contribution < -0.4 is 5.32 Å². The van der Waals surface area contributed by atoms with Crippen LogP contribution in [0.2, 0.25) is 0 Å². The molecule has 1 atom stereocenters. The second kappa shape index (κ2) is 4.79. The molecule has 5 heteroatoms. The summed E-state index contributed by atoms with van der Waals surface area (Å²) in [5.74, 6) is 0.856. The molecule has 0 bridgehead atoms. The van der Waals surface area contributed by atoms with Crippen molar-refractivity contribution < 1.29 is 0 Å². The van der Waals surface area contributed by atoms with E-state index < -0.39 is 0 Å². The topological polar surface area (TPSA) is 37.3 Å². The van der Waals surface area contributed by atoms with Gasteiger partial charge in [-0.25, -0.2) is 4.98 Å². The van der Waals surface area contributed by atoms with Crippen LogP contribution in [-0.4, -0.2) is 27.3 Å². The summed E-state index contributed by atoms with van der Waals surface area (Å²) in [4.78, 5) is 8.56. The van der Waals surface area contributed by atoms with E-state index in [0.29, 0.717) is 5.25 Å². The molecule has 0 spiro atoms. The first kappa shape index (κ1) is 9.98. The molecule has 0 aliphatic carbocycles. The number of thioether (sulfide) groups is 1. The Morgan fingerprint density at radius 3 is 3.14 bits per heavy atom. The second-order valence-electron chi connectivity index (χ2n) is 2.88. The van der Waals surface area contributed by atoms with Crippen molar-refractivity contribution in [1.29, 1.82) is 0 Å². The van der Waals surface area contributed by atoms with Crippen LogP contribution in [0.25, 0.3) is 0 Å². The van der Waals surface area contributed by atoms with Gasteiger partial charge in [0, 0.05) is 16.8 Å². The number of nitrogens with zero attached hydrogens (tertiary/aromatic N) is 2. The summed E-state index contributed by atoms with van der Waals surface area (Å²) in [5.41, 5.74) is 0. The summed E-state index contributed by atoms with van der Waals surface area (Å²) in [5, 5.41) is 5.69. The van der Waals surface area contributed by atoms with E-state index in [4.69, 9.17) is 0 Å². The van der Waals surface area contributed by atoms with Crippen LogP contribution in [-0.2, 0) is 0 Å². The number of amidine groups is 1. The Bertz CT molecular complexity index is 328. The summed E-state index contributed by atoms with van der Waals surface area (Å²) in [7, 11) is 0. The van der Waals surface area contributed by atoms with Gasteiger partial charge in [-0.1, -0.05) is 33.8 Å². The molecule has 0 saturated heterocycles. The van der Waals surface area contributed by atoms with E-state index in [9.17, 15) is 0 Å². The molecule has 0 radical (unpaired) electrons. The van der Waals surface area contributed by atoms with Crippen LogP contribution in [0.3, 0.4) is 0 Å². The maximum atomic E-state index is 4.38. The third-order valence-corrected chi connectivity index (χ3v) is 4.10. The summed E-state index contributed by atoms with van der Waals surface area (Å²) < 4.78 is 0. The van der Waals surface area contributed by atoms with Crippen LogP contribution in [0.15, 0.2) is 29.4 Å². The first-order chi connectivity index (χ1) is 6.88. The van der Waals surface area contributed by atoms with Gasteiger partial charge in [-0.3, -0.25) is 4.99 Å². The van der Waals surface area contributed by atoms with Gasteiger partial charge in [-0.2, -0.15) is 0 Å². The van der Waals surface area contributed by atoms with Crippen LogP contribution in [0, 0.1) is 0 Å². The van der Waals surface area contributed by atoms with Crippen molar-refractivity contribution in [3.63, 3.8) is 0 Å². The predicted molar refractivity (Wildman–Crippen MR) is 65.3 cm³/mol. The number of nitrogens with one attached hydrogen (secondary N) is 1. The minimum atomic E-state index is 0.557. The van der Waals surface area contributed by atoms with Gasteiger partial charge < -0.3 is 5.32 Å². The van der Waals surface area contributed by atoms with E-state index in [2.05, 4.69) is 31.2 Å². The zero-order valence-corrected chi connectivity index (χ0v) is 9.88. The number of aliphatic imine (C=N–C) groups is 1.